The summed E-state index contributed by atoms with van der Waals surface area (Å²) in [5.74, 6) is 0.00800. The molecule has 24 heavy (non-hydrogen) atoms. The Hall–Kier alpha value is -2.15. The van der Waals surface area contributed by atoms with Crippen molar-refractivity contribution in [2.24, 2.45) is 0 Å². The van der Waals surface area contributed by atoms with E-state index >= 15 is 0 Å². The van der Waals surface area contributed by atoms with Gasteiger partial charge in [-0.3, -0.25) is 13.9 Å². The van der Waals surface area contributed by atoms with Crippen LogP contribution in [0.15, 0.2) is 23.1 Å². The van der Waals surface area contributed by atoms with Gasteiger partial charge >= 0.3 is 5.69 Å². The highest BCUT2D eigenvalue weighted by molar-refractivity contribution is 5.79. The second-order valence-corrected chi connectivity index (χ2v) is 6.15. The average Bonchev–Trinajstić information content (AvgIpc) is 2.79. The minimum atomic E-state index is -0.205. The highest BCUT2D eigenvalue weighted by Crippen LogP contribution is 2.13. The van der Waals surface area contributed by atoms with Gasteiger partial charge in [0.2, 0.25) is 5.91 Å². The Kier molecular flexibility index (Phi) is 5.30. The van der Waals surface area contributed by atoms with Crippen LogP contribution in [0, 0.1) is 0 Å². The summed E-state index contributed by atoms with van der Waals surface area (Å²) in [7, 11) is 1.60. The zero-order chi connectivity index (χ0) is 16.9. The number of ether oxygens (including phenoxy) is 1. The normalized spacial score (nSPS) is 15.6. The molecule has 0 spiro atoms. The first kappa shape index (κ1) is 16.7. The van der Waals surface area contributed by atoms with Crippen LogP contribution in [-0.2, 0) is 22.6 Å². The van der Waals surface area contributed by atoms with Gasteiger partial charge in [-0.25, -0.2) is 9.78 Å². The summed E-state index contributed by atoms with van der Waals surface area (Å²) in [5.41, 5.74) is 1.09. The van der Waals surface area contributed by atoms with Crippen molar-refractivity contribution in [1.29, 1.82) is 0 Å². The number of pyridine rings is 1. The van der Waals surface area contributed by atoms with Gasteiger partial charge < -0.3 is 9.64 Å². The monoisotopic (exact) mass is 332 g/mol. The predicted molar refractivity (Wildman–Crippen MR) is 90.9 cm³/mol. The van der Waals surface area contributed by atoms with Gasteiger partial charge in [0.1, 0.15) is 6.54 Å². The Morgan fingerprint density at radius 1 is 1.21 bits per heavy atom. The van der Waals surface area contributed by atoms with Gasteiger partial charge in [-0.1, -0.05) is 12.8 Å². The van der Waals surface area contributed by atoms with E-state index < -0.39 is 0 Å². The smallest absolute Gasteiger partial charge is 0.330 e. The quantitative estimate of drug-likeness (QED) is 0.826. The summed E-state index contributed by atoms with van der Waals surface area (Å²) in [6.07, 6.45) is 6.08. The number of hydrogen-bond donors (Lipinski definition) is 0. The van der Waals surface area contributed by atoms with Crippen molar-refractivity contribution < 1.29 is 9.53 Å². The number of amides is 1. The molecule has 0 aromatic carbocycles. The average molecular weight is 332 g/mol. The molecule has 0 N–H and O–H groups in total. The molecule has 1 aliphatic rings. The zero-order valence-electron chi connectivity index (χ0n) is 14.1. The molecule has 2 aromatic rings. The molecule has 1 amide bonds. The van der Waals surface area contributed by atoms with E-state index in [1.165, 1.54) is 17.4 Å². The molecule has 3 heterocycles. The van der Waals surface area contributed by atoms with Crippen molar-refractivity contribution in [1.82, 2.24) is 19.0 Å². The van der Waals surface area contributed by atoms with E-state index in [0.717, 1.165) is 25.9 Å². The lowest BCUT2D eigenvalue weighted by molar-refractivity contribution is -0.131. The zero-order valence-corrected chi connectivity index (χ0v) is 14.1. The Labute approximate surface area is 140 Å². The van der Waals surface area contributed by atoms with E-state index in [1.54, 1.807) is 23.9 Å². The lowest BCUT2D eigenvalue weighted by Crippen LogP contribution is -2.37. The molecule has 1 fully saturated rings. The maximum atomic E-state index is 12.7. The molecule has 0 unspecified atom stereocenters. The third-order valence-electron chi connectivity index (χ3n) is 4.55. The van der Waals surface area contributed by atoms with E-state index in [0.29, 0.717) is 24.3 Å². The molecule has 0 aliphatic carbocycles. The predicted octanol–water partition coefficient (Wildman–Crippen LogP) is 1.25. The Morgan fingerprint density at radius 3 is 2.67 bits per heavy atom. The van der Waals surface area contributed by atoms with Crippen LogP contribution in [0.5, 0.6) is 0 Å². The molecule has 1 saturated heterocycles. The minimum absolute atomic E-state index is 0.00800. The molecule has 0 atom stereocenters. The Bertz CT molecular complexity index is 757. The first-order valence-corrected chi connectivity index (χ1v) is 8.53. The topological polar surface area (TPSA) is 69.4 Å². The maximum Gasteiger partial charge on any atom is 0.330 e. The van der Waals surface area contributed by atoms with Crippen LogP contribution >= 0.6 is 0 Å². The summed E-state index contributed by atoms with van der Waals surface area (Å²) < 4.78 is 8.19. The van der Waals surface area contributed by atoms with Crippen LogP contribution in [0.4, 0.5) is 0 Å². The van der Waals surface area contributed by atoms with Crippen LogP contribution < -0.4 is 5.69 Å². The summed E-state index contributed by atoms with van der Waals surface area (Å²) in [4.78, 5) is 31.6. The number of carbonyl (C=O) groups excluding carboxylic acids is 1. The van der Waals surface area contributed by atoms with Crippen molar-refractivity contribution in [3.05, 3.63) is 28.8 Å². The fraction of sp³-hybridized carbons (Fsp3) is 0.588. The largest absolute Gasteiger partial charge is 0.383 e. The fourth-order valence-corrected chi connectivity index (χ4v) is 3.24. The number of imidazole rings is 1. The molecule has 0 radical (unpaired) electrons. The van der Waals surface area contributed by atoms with Crippen molar-refractivity contribution >= 4 is 17.1 Å². The number of likely N-dealkylation sites (tertiary alicyclic amines) is 1. The third-order valence-corrected chi connectivity index (χ3v) is 4.55. The molecule has 0 saturated carbocycles. The number of methoxy groups -OCH3 is 1. The van der Waals surface area contributed by atoms with Crippen molar-refractivity contribution in [3.63, 3.8) is 0 Å². The van der Waals surface area contributed by atoms with Crippen LogP contribution in [0.2, 0.25) is 0 Å². The summed E-state index contributed by atoms with van der Waals surface area (Å²) in [6.45, 7) is 2.49. The van der Waals surface area contributed by atoms with E-state index in [9.17, 15) is 9.59 Å². The van der Waals surface area contributed by atoms with Crippen molar-refractivity contribution in [2.75, 3.05) is 26.8 Å². The Balaban J connectivity index is 1.89. The standard InChI is InChI=1S/C17H24N4O3/c1-24-12-11-20-16-14(7-6-8-18-16)21(17(20)23)13-15(22)19-9-4-2-3-5-10-19/h6-8H,2-5,9-13H2,1H3. The van der Waals surface area contributed by atoms with E-state index in [1.807, 2.05) is 11.0 Å². The second-order valence-electron chi connectivity index (χ2n) is 6.15. The number of nitrogens with zero attached hydrogens (tertiary/aromatic N) is 4. The van der Waals surface area contributed by atoms with Crippen molar-refractivity contribution in [2.45, 2.75) is 38.8 Å². The van der Waals surface area contributed by atoms with E-state index in [2.05, 4.69) is 4.98 Å². The lowest BCUT2D eigenvalue weighted by atomic mass is 10.2. The van der Waals surface area contributed by atoms with Gasteiger partial charge in [-0.2, -0.15) is 0 Å². The Morgan fingerprint density at radius 2 is 1.96 bits per heavy atom. The molecular formula is C17H24N4O3. The number of carbonyl (C=O) groups is 1. The van der Waals surface area contributed by atoms with Crippen LogP contribution in [0.3, 0.4) is 0 Å². The van der Waals surface area contributed by atoms with Gasteiger partial charge in [-0.05, 0) is 25.0 Å². The number of aromatic nitrogens is 3. The SMILES string of the molecule is COCCn1c(=O)n(CC(=O)N2CCCCCC2)c2cccnc21. The van der Waals surface area contributed by atoms with Crippen LogP contribution in [0.25, 0.3) is 11.2 Å². The van der Waals surface area contributed by atoms with Gasteiger partial charge in [0.25, 0.3) is 0 Å². The number of fused-ring (bicyclic) bond motifs is 1. The first-order chi connectivity index (χ1) is 11.7. The van der Waals surface area contributed by atoms with Crippen LogP contribution in [-0.4, -0.2) is 51.7 Å². The van der Waals surface area contributed by atoms with Crippen LogP contribution in [0.1, 0.15) is 25.7 Å². The number of rotatable bonds is 5. The summed E-state index contributed by atoms with van der Waals surface area (Å²) >= 11 is 0. The highest BCUT2D eigenvalue weighted by atomic mass is 16.5. The third kappa shape index (κ3) is 3.36. The molecule has 130 valence electrons. The van der Waals surface area contributed by atoms with Gasteiger partial charge in [-0.15, -0.1) is 0 Å². The fourth-order valence-electron chi connectivity index (χ4n) is 3.24. The van der Waals surface area contributed by atoms with Gasteiger partial charge in [0.15, 0.2) is 5.65 Å². The van der Waals surface area contributed by atoms with Gasteiger partial charge in [0, 0.05) is 26.4 Å². The summed E-state index contributed by atoms with van der Waals surface area (Å²) in [6, 6.07) is 3.62. The molecule has 0 bridgehead atoms. The molecular weight excluding hydrogens is 308 g/mol. The lowest BCUT2D eigenvalue weighted by Gasteiger charge is -2.20. The minimum Gasteiger partial charge on any atom is -0.383 e. The van der Waals surface area contributed by atoms with E-state index in [-0.39, 0.29) is 18.1 Å². The summed E-state index contributed by atoms with van der Waals surface area (Å²) in [5, 5.41) is 0. The molecule has 7 nitrogen and oxygen atoms in total. The molecule has 7 heteroatoms. The molecule has 2 aromatic heterocycles. The molecule has 3 rings (SSSR count). The van der Waals surface area contributed by atoms with Crippen molar-refractivity contribution in [3.8, 4) is 0 Å². The van der Waals surface area contributed by atoms with Gasteiger partial charge in [0.05, 0.1) is 18.7 Å². The first-order valence-electron chi connectivity index (χ1n) is 8.53. The second kappa shape index (κ2) is 7.61. The highest BCUT2D eigenvalue weighted by Gasteiger charge is 2.20. The van der Waals surface area contributed by atoms with E-state index in [4.69, 9.17) is 4.74 Å². The maximum absolute atomic E-state index is 12.7. The number of hydrogen-bond acceptors (Lipinski definition) is 4. The molecule has 1 aliphatic heterocycles.